The minimum Gasteiger partial charge on any atom is -0.441 e. The minimum absolute atomic E-state index is 0.0446. The monoisotopic (exact) mass is 367 g/mol. The normalized spacial score (nSPS) is 28.3. The Morgan fingerprint density at radius 3 is 2.76 bits per heavy atom. The van der Waals surface area contributed by atoms with Gasteiger partial charge in [0.2, 0.25) is 5.91 Å². The first-order chi connectivity index (χ1) is 12.0. The van der Waals surface area contributed by atoms with E-state index in [1.807, 2.05) is 12.1 Å². The Hall–Kier alpha value is -1.80. The highest BCUT2D eigenvalue weighted by molar-refractivity contribution is 7.97. The number of amides is 2. The average molecular weight is 367 g/mol. The van der Waals surface area contributed by atoms with Crippen molar-refractivity contribution in [1.82, 2.24) is 9.84 Å². The largest absolute Gasteiger partial charge is 0.441 e. The van der Waals surface area contributed by atoms with Gasteiger partial charge in [-0.1, -0.05) is 40.7 Å². The van der Waals surface area contributed by atoms with Crippen LogP contribution >= 0.6 is 11.9 Å². The van der Waals surface area contributed by atoms with E-state index < -0.39 is 30.1 Å². The smallest absolute Gasteiger partial charge is 0.439 e. The fraction of sp³-hybridized carbons (Fsp3) is 0.529. The molecule has 2 amide bonds. The molecule has 1 aromatic carbocycles. The number of nitrogens with two attached hydrogens (primary N) is 1. The van der Waals surface area contributed by atoms with Crippen molar-refractivity contribution in [2.24, 2.45) is 11.7 Å². The molecule has 2 aliphatic heterocycles. The Morgan fingerprint density at radius 1 is 1.40 bits per heavy atom. The molecule has 0 saturated carbocycles. The maximum atomic E-state index is 14.2. The second-order valence-electron chi connectivity index (χ2n) is 6.50. The van der Waals surface area contributed by atoms with Crippen LogP contribution in [0.2, 0.25) is 0 Å². The molecule has 8 heteroatoms. The summed E-state index contributed by atoms with van der Waals surface area (Å²) < 4.78 is 22.6. The zero-order valence-electron chi connectivity index (χ0n) is 14.0. The minimum atomic E-state index is -1.09. The van der Waals surface area contributed by atoms with Gasteiger partial charge in [-0.2, -0.15) is 0 Å². The van der Waals surface area contributed by atoms with Crippen LogP contribution in [0, 0.1) is 5.92 Å². The van der Waals surface area contributed by atoms with Crippen LogP contribution in [0.15, 0.2) is 24.3 Å². The fourth-order valence-electron chi connectivity index (χ4n) is 3.32. The number of cyclic esters (lactones) is 1. The standard InChI is InChI=1S/C17H22FN3O3S/c1-10(16(19)22)15-14(21(18)17(23)24-15)12-6-4-11(5-7-12)13-3-2-8-25-20-9-13/h4-7,10,13-15,20H,2-3,8-9H2,1H3,(H2,19,22). The van der Waals surface area contributed by atoms with Crippen LogP contribution in [0.4, 0.5) is 9.28 Å². The van der Waals surface area contributed by atoms with Gasteiger partial charge < -0.3 is 10.5 Å². The summed E-state index contributed by atoms with van der Waals surface area (Å²) in [4.78, 5) is 23.1. The first-order valence-electron chi connectivity index (χ1n) is 8.38. The Bertz CT molecular complexity index is 635. The average Bonchev–Trinajstić information content (AvgIpc) is 2.80. The summed E-state index contributed by atoms with van der Waals surface area (Å²) in [5, 5.41) is 0.0446. The molecule has 0 spiro atoms. The fourth-order valence-corrected chi connectivity index (χ4v) is 4.09. The van der Waals surface area contributed by atoms with E-state index in [1.165, 1.54) is 12.5 Å². The number of primary amides is 1. The van der Waals surface area contributed by atoms with Gasteiger partial charge in [-0.05, 0) is 36.8 Å². The van der Waals surface area contributed by atoms with Gasteiger partial charge in [0.05, 0.1) is 5.92 Å². The summed E-state index contributed by atoms with van der Waals surface area (Å²) in [7, 11) is 0. The van der Waals surface area contributed by atoms with Crippen LogP contribution in [-0.4, -0.2) is 35.5 Å². The number of hydrogen-bond acceptors (Lipinski definition) is 5. The van der Waals surface area contributed by atoms with Gasteiger partial charge in [-0.25, -0.2) is 4.79 Å². The Morgan fingerprint density at radius 2 is 2.08 bits per heavy atom. The summed E-state index contributed by atoms with van der Waals surface area (Å²) in [6.45, 7) is 2.43. The van der Waals surface area contributed by atoms with E-state index in [-0.39, 0.29) is 5.12 Å². The Kier molecular flexibility index (Phi) is 5.48. The molecule has 3 rings (SSSR count). The topological polar surface area (TPSA) is 84.7 Å². The van der Waals surface area contributed by atoms with Crippen LogP contribution < -0.4 is 10.5 Å². The third-order valence-corrected chi connectivity index (χ3v) is 5.75. The van der Waals surface area contributed by atoms with Crippen molar-refractivity contribution >= 4 is 23.9 Å². The zero-order valence-corrected chi connectivity index (χ0v) is 14.8. The quantitative estimate of drug-likeness (QED) is 0.631. The molecule has 25 heavy (non-hydrogen) atoms. The highest BCUT2D eigenvalue weighted by Crippen LogP contribution is 2.38. The molecule has 2 saturated heterocycles. The molecule has 2 heterocycles. The van der Waals surface area contributed by atoms with Gasteiger partial charge >= 0.3 is 6.09 Å². The predicted molar refractivity (Wildman–Crippen MR) is 93.2 cm³/mol. The molecule has 4 atom stereocenters. The number of carbonyl (C=O) groups excluding carboxylic acids is 2. The lowest BCUT2D eigenvalue weighted by Gasteiger charge is -2.23. The maximum absolute atomic E-state index is 14.2. The number of nitrogens with one attached hydrogen (secondary N) is 1. The maximum Gasteiger partial charge on any atom is 0.439 e. The van der Waals surface area contributed by atoms with Crippen molar-refractivity contribution in [3.8, 4) is 0 Å². The summed E-state index contributed by atoms with van der Waals surface area (Å²) in [5.74, 6) is 0.0983. The van der Waals surface area contributed by atoms with Crippen LogP contribution in [0.25, 0.3) is 0 Å². The number of hydrogen-bond donors (Lipinski definition) is 2. The Balaban J connectivity index is 1.81. The summed E-state index contributed by atoms with van der Waals surface area (Å²) in [6, 6.07) is 6.55. The number of benzene rings is 1. The number of halogens is 1. The van der Waals surface area contributed by atoms with Crippen molar-refractivity contribution in [1.29, 1.82) is 0 Å². The summed E-state index contributed by atoms with van der Waals surface area (Å²) in [6.07, 6.45) is 0.223. The number of rotatable bonds is 4. The second-order valence-corrected chi connectivity index (χ2v) is 7.48. The highest BCUT2D eigenvalue weighted by Gasteiger charge is 2.47. The van der Waals surface area contributed by atoms with Crippen LogP contribution in [0.5, 0.6) is 0 Å². The van der Waals surface area contributed by atoms with Gasteiger partial charge in [0, 0.05) is 12.3 Å². The van der Waals surface area contributed by atoms with E-state index >= 15 is 0 Å². The van der Waals surface area contributed by atoms with Gasteiger partial charge in [0.1, 0.15) is 12.1 Å². The van der Waals surface area contributed by atoms with Crippen molar-refractivity contribution < 1.29 is 18.8 Å². The zero-order chi connectivity index (χ0) is 18.0. The van der Waals surface area contributed by atoms with Gasteiger partial charge in [0.15, 0.2) is 0 Å². The van der Waals surface area contributed by atoms with E-state index in [9.17, 15) is 14.1 Å². The third-order valence-electron chi connectivity index (χ3n) is 4.89. The van der Waals surface area contributed by atoms with Gasteiger partial charge in [0.25, 0.3) is 0 Å². The molecule has 2 aliphatic rings. The predicted octanol–water partition coefficient (Wildman–Crippen LogP) is 2.67. The van der Waals surface area contributed by atoms with Crippen LogP contribution in [-0.2, 0) is 9.53 Å². The molecule has 136 valence electrons. The SMILES string of the molecule is CC(C(N)=O)C1OC(=O)N(F)C1c1ccc(C2CCCSNC2)cc1. The van der Waals surface area contributed by atoms with Crippen molar-refractivity contribution in [3.05, 3.63) is 35.4 Å². The van der Waals surface area contributed by atoms with Crippen molar-refractivity contribution in [2.45, 2.75) is 37.8 Å². The molecule has 0 aliphatic carbocycles. The number of ether oxygens (including phenoxy) is 1. The molecule has 4 unspecified atom stereocenters. The number of carbonyl (C=O) groups is 2. The summed E-state index contributed by atoms with van der Waals surface area (Å²) >= 11 is 1.74. The van der Waals surface area contributed by atoms with Crippen LogP contribution in [0.3, 0.4) is 0 Å². The summed E-state index contributed by atoms with van der Waals surface area (Å²) in [5.41, 5.74) is 7.07. The first-order valence-corrected chi connectivity index (χ1v) is 9.37. The molecule has 2 fully saturated rings. The number of nitrogens with zero attached hydrogens (tertiary/aromatic N) is 1. The second kappa shape index (κ2) is 7.61. The van der Waals surface area contributed by atoms with Gasteiger partial charge in [-0.3, -0.25) is 9.52 Å². The molecule has 6 nitrogen and oxygen atoms in total. The molecular formula is C17H22FN3O3S. The van der Waals surface area contributed by atoms with Gasteiger partial charge in [-0.15, -0.1) is 5.12 Å². The Labute approximate surface area is 150 Å². The van der Waals surface area contributed by atoms with Crippen molar-refractivity contribution in [3.63, 3.8) is 0 Å². The van der Waals surface area contributed by atoms with Crippen LogP contribution in [0.1, 0.15) is 42.9 Å². The molecule has 0 aromatic heterocycles. The molecule has 3 N–H and O–H groups in total. The van der Waals surface area contributed by atoms with E-state index in [0.29, 0.717) is 11.5 Å². The molecular weight excluding hydrogens is 345 g/mol. The highest BCUT2D eigenvalue weighted by atomic mass is 32.2. The first kappa shape index (κ1) is 18.0. The molecule has 1 aromatic rings. The van der Waals surface area contributed by atoms with E-state index in [2.05, 4.69) is 4.72 Å². The van der Waals surface area contributed by atoms with Crippen molar-refractivity contribution in [2.75, 3.05) is 12.3 Å². The van der Waals surface area contributed by atoms with E-state index in [4.69, 9.17) is 10.5 Å². The lowest BCUT2D eigenvalue weighted by atomic mass is 9.89. The van der Waals surface area contributed by atoms with E-state index in [1.54, 1.807) is 24.1 Å². The third kappa shape index (κ3) is 3.74. The van der Waals surface area contributed by atoms with E-state index in [0.717, 1.165) is 25.1 Å². The molecule has 0 bridgehead atoms. The lowest BCUT2D eigenvalue weighted by molar-refractivity contribution is -0.124. The molecule has 0 radical (unpaired) electrons. The lowest BCUT2D eigenvalue weighted by Crippen LogP contribution is -2.35.